The van der Waals surface area contributed by atoms with Crippen LogP contribution in [0.2, 0.25) is 0 Å². The summed E-state index contributed by atoms with van der Waals surface area (Å²) in [6.45, 7) is 6.21. The van der Waals surface area contributed by atoms with Crippen LogP contribution in [0.5, 0.6) is 0 Å². The van der Waals surface area contributed by atoms with E-state index >= 15 is 0 Å². The van der Waals surface area contributed by atoms with Crippen molar-refractivity contribution in [2.45, 2.75) is 33.6 Å². The van der Waals surface area contributed by atoms with Gasteiger partial charge < -0.3 is 10.1 Å². The highest BCUT2D eigenvalue weighted by atomic mass is 16.4. The first kappa shape index (κ1) is 11.7. The quantitative estimate of drug-likeness (QED) is 0.852. The van der Waals surface area contributed by atoms with E-state index in [1.54, 1.807) is 0 Å². The van der Waals surface area contributed by atoms with Crippen molar-refractivity contribution in [2.24, 2.45) is 0 Å². The lowest BCUT2D eigenvalue weighted by atomic mass is 10.0. The van der Waals surface area contributed by atoms with Crippen LogP contribution < -0.4 is 0 Å². The van der Waals surface area contributed by atoms with Crippen LogP contribution in [0.4, 0.5) is 0 Å². The maximum absolute atomic E-state index is 10.6. The Morgan fingerprint density at radius 3 is 2.47 bits per heavy atom. The molecule has 2 aromatic rings. The number of nitrogens with one attached hydrogen (secondary N) is 1. The van der Waals surface area contributed by atoms with Crippen LogP contribution >= 0.6 is 0 Å². The molecule has 1 aromatic heterocycles. The van der Waals surface area contributed by atoms with Crippen LogP contribution in [0.15, 0.2) is 12.1 Å². The maximum atomic E-state index is 10.6. The first-order valence-corrected chi connectivity index (χ1v) is 5.80. The zero-order valence-electron chi connectivity index (χ0n) is 10.4. The molecule has 0 fully saturated rings. The number of hydrogen-bond donors (Lipinski definition) is 2. The molecule has 3 heteroatoms. The number of carbonyl (C=O) groups is 1. The highest BCUT2D eigenvalue weighted by Gasteiger charge is 2.12. The minimum atomic E-state index is -0.753. The highest BCUT2D eigenvalue weighted by Crippen LogP contribution is 2.28. The molecule has 0 amide bonds. The fourth-order valence-electron chi connectivity index (χ4n) is 2.33. The Hall–Kier alpha value is -1.77. The average Bonchev–Trinajstić information content (AvgIpc) is 2.60. The standard InChI is InChI=1S/C14H17NO2/c1-8-4-5-9(2)14-13(8)10(3)11(15-14)6-7-12(16)17/h4-5,15H,6-7H2,1-3H3,(H,16,17). The molecular weight excluding hydrogens is 214 g/mol. The summed E-state index contributed by atoms with van der Waals surface area (Å²) in [5.74, 6) is -0.753. The lowest BCUT2D eigenvalue weighted by Crippen LogP contribution is -1.98. The number of aryl methyl sites for hydroxylation is 4. The van der Waals surface area contributed by atoms with Gasteiger partial charge in [0.15, 0.2) is 0 Å². The van der Waals surface area contributed by atoms with Crippen molar-refractivity contribution in [1.29, 1.82) is 0 Å². The molecule has 2 N–H and O–H groups in total. The molecule has 0 spiro atoms. The summed E-state index contributed by atoms with van der Waals surface area (Å²) in [7, 11) is 0. The molecule has 0 aliphatic carbocycles. The van der Waals surface area contributed by atoms with Gasteiger partial charge in [-0.2, -0.15) is 0 Å². The van der Waals surface area contributed by atoms with E-state index in [1.807, 2.05) is 0 Å². The van der Waals surface area contributed by atoms with Crippen molar-refractivity contribution in [1.82, 2.24) is 4.98 Å². The van der Waals surface area contributed by atoms with Crippen LogP contribution in [0.25, 0.3) is 10.9 Å². The van der Waals surface area contributed by atoms with E-state index in [1.165, 1.54) is 22.1 Å². The number of rotatable bonds is 3. The van der Waals surface area contributed by atoms with Gasteiger partial charge in [0.25, 0.3) is 0 Å². The minimum Gasteiger partial charge on any atom is -0.481 e. The zero-order valence-corrected chi connectivity index (χ0v) is 10.4. The van der Waals surface area contributed by atoms with E-state index in [9.17, 15) is 4.79 Å². The SMILES string of the molecule is Cc1ccc(C)c2c(C)c(CCC(=O)O)[nH]c12. The van der Waals surface area contributed by atoms with Gasteiger partial charge >= 0.3 is 5.97 Å². The maximum Gasteiger partial charge on any atom is 0.303 e. The third kappa shape index (κ3) is 2.05. The average molecular weight is 231 g/mol. The molecule has 2 rings (SSSR count). The Balaban J connectivity index is 2.52. The Bertz CT molecular complexity index is 581. The van der Waals surface area contributed by atoms with Crippen molar-refractivity contribution in [3.63, 3.8) is 0 Å². The van der Waals surface area contributed by atoms with Crippen LogP contribution in [0, 0.1) is 20.8 Å². The van der Waals surface area contributed by atoms with Gasteiger partial charge in [0.1, 0.15) is 0 Å². The van der Waals surface area contributed by atoms with E-state index in [2.05, 4.69) is 37.9 Å². The Morgan fingerprint density at radius 2 is 1.88 bits per heavy atom. The van der Waals surface area contributed by atoms with E-state index in [0.717, 1.165) is 11.2 Å². The molecule has 0 aliphatic heterocycles. The minimum absolute atomic E-state index is 0.172. The van der Waals surface area contributed by atoms with Gasteiger partial charge in [0.05, 0.1) is 6.42 Å². The molecule has 1 heterocycles. The third-order valence-electron chi connectivity index (χ3n) is 3.31. The van der Waals surface area contributed by atoms with Crippen LogP contribution in [-0.4, -0.2) is 16.1 Å². The first-order valence-electron chi connectivity index (χ1n) is 5.80. The summed E-state index contributed by atoms with van der Waals surface area (Å²) in [6.07, 6.45) is 0.737. The second kappa shape index (κ2) is 4.24. The normalized spacial score (nSPS) is 11.0. The number of hydrogen-bond acceptors (Lipinski definition) is 1. The summed E-state index contributed by atoms with van der Waals surface area (Å²) in [5.41, 5.74) is 5.81. The molecule has 17 heavy (non-hydrogen) atoms. The summed E-state index contributed by atoms with van der Waals surface area (Å²) < 4.78 is 0. The smallest absolute Gasteiger partial charge is 0.303 e. The van der Waals surface area contributed by atoms with Crippen molar-refractivity contribution in [3.05, 3.63) is 34.5 Å². The number of carboxylic acids is 1. The summed E-state index contributed by atoms with van der Waals surface area (Å²) >= 11 is 0. The lowest BCUT2D eigenvalue weighted by molar-refractivity contribution is -0.136. The molecule has 0 atom stereocenters. The first-order chi connectivity index (χ1) is 8.00. The Morgan fingerprint density at radius 1 is 1.24 bits per heavy atom. The van der Waals surface area contributed by atoms with E-state index < -0.39 is 5.97 Å². The summed E-state index contributed by atoms with van der Waals surface area (Å²) in [4.78, 5) is 14.0. The number of aromatic amines is 1. The van der Waals surface area contributed by atoms with Gasteiger partial charge in [-0.15, -0.1) is 0 Å². The lowest BCUT2D eigenvalue weighted by Gasteiger charge is -2.00. The highest BCUT2D eigenvalue weighted by molar-refractivity contribution is 5.90. The summed E-state index contributed by atoms with van der Waals surface area (Å²) in [6, 6.07) is 4.20. The summed E-state index contributed by atoms with van der Waals surface area (Å²) in [5, 5.41) is 9.98. The molecular formula is C14H17NO2. The number of fused-ring (bicyclic) bond motifs is 1. The van der Waals surface area contributed by atoms with Crippen molar-refractivity contribution < 1.29 is 9.90 Å². The topological polar surface area (TPSA) is 53.1 Å². The second-order valence-corrected chi connectivity index (χ2v) is 4.57. The van der Waals surface area contributed by atoms with Crippen LogP contribution in [-0.2, 0) is 11.2 Å². The second-order valence-electron chi connectivity index (χ2n) is 4.57. The molecule has 0 saturated heterocycles. The Kier molecular flexibility index (Phi) is 2.92. The van der Waals surface area contributed by atoms with Gasteiger partial charge in [-0.3, -0.25) is 4.79 Å². The number of aromatic nitrogens is 1. The van der Waals surface area contributed by atoms with E-state index in [-0.39, 0.29) is 6.42 Å². The molecule has 3 nitrogen and oxygen atoms in total. The van der Waals surface area contributed by atoms with Gasteiger partial charge in [-0.25, -0.2) is 0 Å². The largest absolute Gasteiger partial charge is 0.481 e. The number of aliphatic carboxylic acids is 1. The van der Waals surface area contributed by atoms with Gasteiger partial charge in [-0.1, -0.05) is 12.1 Å². The fourth-order valence-corrected chi connectivity index (χ4v) is 2.33. The number of benzene rings is 1. The van der Waals surface area contributed by atoms with Gasteiger partial charge in [-0.05, 0) is 43.9 Å². The van der Waals surface area contributed by atoms with E-state index in [4.69, 9.17) is 5.11 Å². The molecule has 90 valence electrons. The third-order valence-corrected chi connectivity index (χ3v) is 3.31. The van der Waals surface area contributed by atoms with E-state index in [0.29, 0.717) is 6.42 Å². The van der Waals surface area contributed by atoms with Crippen LogP contribution in [0.1, 0.15) is 28.8 Å². The van der Waals surface area contributed by atoms with Crippen LogP contribution in [0.3, 0.4) is 0 Å². The van der Waals surface area contributed by atoms with Crippen molar-refractivity contribution in [2.75, 3.05) is 0 Å². The molecule has 0 saturated carbocycles. The van der Waals surface area contributed by atoms with Crippen molar-refractivity contribution in [3.8, 4) is 0 Å². The number of H-pyrrole nitrogens is 1. The zero-order chi connectivity index (χ0) is 12.6. The molecule has 0 unspecified atom stereocenters. The van der Waals surface area contributed by atoms with Gasteiger partial charge in [0.2, 0.25) is 0 Å². The van der Waals surface area contributed by atoms with Gasteiger partial charge in [0, 0.05) is 16.6 Å². The Labute approximate surface area is 100 Å². The predicted molar refractivity (Wildman–Crippen MR) is 68.5 cm³/mol. The molecule has 0 aliphatic rings. The molecule has 1 aromatic carbocycles. The predicted octanol–water partition coefficient (Wildman–Crippen LogP) is 3.11. The fraction of sp³-hybridized carbons (Fsp3) is 0.357. The monoisotopic (exact) mass is 231 g/mol. The number of carboxylic acid groups (broad SMARTS) is 1. The molecule has 0 radical (unpaired) electrons. The molecule has 0 bridgehead atoms. The van der Waals surface area contributed by atoms with Crippen molar-refractivity contribution >= 4 is 16.9 Å².